The van der Waals surface area contributed by atoms with Gasteiger partial charge in [0, 0.05) is 17.0 Å². The van der Waals surface area contributed by atoms with Crippen LogP contribution in [0.25, 0.3) is 11.3 Å². The van der Waals surface area contributed by atoms with E-state index in [0.29, 0.717) is 5.56 Å². The quantitative estimate of drug-likeness (QED) is 0.520. The van der Waals surface area contributed by atoms with Crippen LogP contribution in [-0.2, 0) is 5.75 Å². The van der Waals surface area contributed by atoms with Crippen LogP contribution in [0.4, 0.5) is 0 Å². The molecule has 0 unspecified atom stereocenters. The van der Waals surface area contributed by atoms with Crippen molar-refractivity contribution in [3.63, 3.8) is 0 Å². The van der Waals surface area contributed by atoms with Gasteiger partial charge in [-0.3, -0.25) is 0 Å². The topological polar surface area (TPSA) is 49.6 Å². The smallest absolute Gasteiger partial charge is 0.188 e. The maximum Gasteiger partial charge on any atom is 0.188 e. The molecule has 0 bridgehead atoms. The van der Waals surface area contributed by atoms with E-state index < -0.39 is 0 Å². The molecule has 3 rings (SSSR count). The van der Waals surface area contributed by atoms with E-state index in [1.165, 1.54) is 0 Å². The molecule has 3 nitrogen and oxygen atoms in total. The molecule has 112 valence electrons. The number of benzene rings is 2. The van der Waals surface area contributed by atoms with Gasteiger partial charge in [-0.1, -0.05) is 54.2 Å². The summed E-state index contributed by atoms with van der Waals surface area (Å²) in [4.78, 5) is 9.16. The van der Waals surface area contributed by atoms with Crippen LogP contribution in [0.1, 0.15) is 16.8 Å². The Morgan fingerprint density at radius 3 is 2.43 bits per heavy atom. The summed E-state index contributed by atoms with van der Waals surface area (Å²) in [5.74, 6) is 0.781. The lowest BCUT2D eigenvalue weighted by molar-refractivity contribution is 0.937. The fourth-order valence-corrected chi connectivity index (χ4v) is 3.05. The second-order valence-electron chi connectivity index (χ2n) is 5.14. The van der Waals surface area contributed by atoms with Crippen molar-refractivity contribution in [1.82, 2.24) is 9.97 Å². The first-order valence-corrected chi connectivity index (χ1v) is 8.26. The Morgan fingerprint density at radius 1 is 1.00 bits per heavy atom. The lowest BCUT2D eigenvalue weighted by Crippen LogP contribution is -1.94. The molecule has 2 aromatic carbocycles. The molecule has 0 aliphatic heterocycles. The van der Waals surface area contributed by atoms with E-state index in [1.807, 2.05) is 55.5 Å². The third kappa shape index (κ3) is 3.97. The standard InChI is InChI=1S/C19H15N3S/c1-14-11-18(17-5-3-2-4-6-17)22-19(21-14)23-13-16-9-7-15(12-20)8-10-16/h2-11H,13H2,1H3. The maximum absolute atomic E-state index is 8.83. The van der Waals surface area contributed by atoms with Crippen molar-refractivity contribution in [2.75, 3.05) is 0 Å². The van der Waals surface area contributed by atoms with Crippen molar-refractivity contribution in [2.24, 2.45) is 0 Å². The van der Waals surface area contributed by atoms with E-state index in [4.69, 9.17) is 5.26 Å². The molecular formula is C19H15N3S. The van der Waals surface area contributed by atoms with Gasteiger partial charge in [0.25, 0.3) is 0 Å². The summed E-state index contributed by atoms with van der Waals surface area (Å²) in [5, 5.41) is 9.60. The largest absolute Gasteiger partial charge is 0.228 e. The molecule has 0 amide bonds. The van der Waals surface area contributed by atoms with Crippen LogP contribution in [0.3, 0.4) is 0 Å². The van der Waals surface area contributed by atoms with Crippen molar-refractivity contribution >= 4 is 11.8 Å². The molecule has 1 heterocycles. The summed E-state index contributed by atoms with van der Waals surface area (Å²) < 4.78 is 0. The van der Waals surface area contributed by atoms with Crippen molar-refractivity contribution in [3.05, 3.63) is 77.5 Å². The molecule has 0 atom stereocenters. The second kappa shape index (κ2) is 7.08. The molecule has 0 spiro atoms. The summed E-state index contributed by atoms with van der Waals surface area (Å²) in [6.45, 7) is 1.99. The van der Waals surface area contributed by atoms with Crippen molar-refractivity contribution in [3.8, 4) is 17.3 Å². The third-order valence-electron chi connectivity index (χ3n) is 3.35. The molecular weight excluding hydrogens is 302 g/mol. The molecule has 0 N–H and O–H groups in total. The van der Waals surface area contributed by atoms with Gasteiger partial charge in [0.1, 0.15) is 0 Å². The molecule has 1 aromatic heterocycles. The Balaban J connectivity index is 1.77. The highest BCUT2D eigenvalue weighted by molar-refractivity contribution is 7.98. The van der Waals surface area contributed by atoms with E-state index in [2.05, 4.69) is 28.2 Å². The number of hydrogen-bond donors (Lipinski definition) is 0. The van der Waals surface area contributed by atoms with Crippen LogP contribution >= 0.6 is 11.8 Å². The minimum Gasteiger partial charge on any atom is -0.228 e. The summed E-state index contributed by atoms with van der Waals surface area (Å²) >= 11 is 1.60. The van der Waals surface area contributed by atoms with Crippen LogP contribution < -0.4 is 0 Å². The first kappa shape index (κ1) is 15.3. The number of nitriles is 1. The molecule has 0 radical (unpaired) electrons. The third-order valence-corrected chi connectivity index (χ3v) is 4.27. The zero-order valence-electron chi connectivity index (χ0n) is 12.7. The molecule has 4 heteroatoms. The Hall–Kier alpha value is -2.64. The predicted octanol–water partition coefficient (Wildman–Crippen LogP) is 4.62. The van der Waals surface area contributed by atoms with Gasteiger partial charge in [0.15, 0.2) is 5.16 Å². The zero-order valence-corrected chi connectivity index (χ0v) is 13.5. The lowest BCUT2D eigenvalue weighted by Gasteiger charge is -2.06. The first-order chi connectivity index (χ1) is 11.2. The van der Waals surface area contributed by atoms with Crippen molar-refractivity contribution in [1.29, 1.82) is 5.26 Å². The number of aromatic nitrogens is 2. The molecule has 23 heavy (non-hydrogen) atoms. The lowest BCUT2D eigenvalue weighted by atomic mass is 10.1. The normalized spacial score (nSPS) is 10.3. The summed E-state index contributed by atoms with van der Waals surface area (Å²) in [5.41, 5.74) is 4.83. The van der Waals surface area contributed by atoms with Gasteiger partial charge in [0.05, 0.1) is 17.3 Å². The van der Waals surface area contributed by atoms with Crippen LogP contribution in [0.5, 0.6) is 0 Å². The first-order valence-electron chi connectivity index (χ1n) is 7.27. The minimum atomic E-state index is 0.678. The molecule has 0 aliphatic rings. The minimum absolute atomic E-state index is 0.678. The Morgan fingerprint density at radius 2 is 1.74 bits per heavy atom. The van der Waals surface area contributed by atoms with Gasteiger partial charge in [0.2, 0.25) is 0 Å². The summed E-state index contributed by atoms with van der Waals surface area (Å²) in [6, 6.07) is 21.9. The maximum atomic E-state index is 8.83. The van der Waals surface area contributed by atoms with E-state index >= 15 is 0 Å². The molecule has 0 saturated heterocycles. The molecule has 0 saturated carbocycles. The highest BCUT2D eigenvalue weighted by Crippen LogP contribution is 2.24. The molecule has 0 aliphatic carbocycles. The van der Waals surface area contributed by atoms with E-state index in [0.717, 1.165) is 33.4 Å². The Kier molecular flexibility index (Phi) is 4.70. The highest BCUT2D eigenvalue weighted by atomic mass is 32.2. The molecule has 0 fully saturated rings. The highest BCUT2D eigenvalue weighted by Gasteiger charge is 2.06. The summed E-state index contributed by atoms with van der Waals surface area (Å²) in [6.07, 6.45) is 0. The van der Waals surface area contributed by atoms with E-state index in [1.54, 1.807) is 11.8 Å². The van der Waals surface area contributed by atoms with Crippen LogP contribution in [0.2, 0.25) is 0 Å². The second-order valence-corrected chi connectivity index (χ2v) is 6.08. The fourth-order valence-electron chi connectivity index (χ4n) is 2.19. The van der Waals surface area contributed by atoms with Gasteiger partial charge in [-0.2, -0.15) is 5.26 Å². The van der Waals surface area contributed by atoms with Crippen molar-refractivity contribution in [2.45, 2.75) is 17.8 Å². The Labute approximate surface area is 140 Å². The van der Waals surface area contributed by atoms with Gasteiger partial charge in [-0.05, 0) is 30.7 Å². The number of rotatable bonds is 4. The number of thioether (sulfide) groups is 1. The van der Waals surface area contributed by atoms with Gasteiger partial charge in [-0.15, -0.1) is 0 Å². The number of hydrogen-bond acceptors (Lipinski definition) is 4. The SMILES string of the molecule is Cc1cc(-c2ccccc2)nc(SCc2ccc(C#N)cc2)n1. The average Bonchev–Trinajstić information content (AvgIpc) is 2.61. The van der Waals surface area contributed by atoms with E-state index in [-0.39, 0.29) is 0 Å². The van der Waals surface area contributed by atoms with Crippen LogP contribution in [0, 0.1) is 18.3 Å². The van der Waals surface area contributed by atoms with Crippen LogP contribution in [0.15, 0.2) is 65.8 Å². The van der Waals surface area contributed by atoms with Gasteiger partial charge < -0.3 is 0 Å². The Bertz CT molecular complexity index is 837. The fraction of sp³-hybridized carbons (Fsp3) is 0.105. The predicted molar refractivity (Wildman–Crippen MR) is 92.9 cm³/mol. The molecule has 3 aromatic rings. The monoisotopic (exact) mass is 317 g/mol. The number of nitrogens with zero attached hydrogens (tertiary/aromatic N) is 3. The van der Waals surface area contributed by atoms with Gasteiger partial charge in [-0.25, -0.2) is 9.97 Å². The average molecular weight is 317 g/mol. The summed E-state index contributed by atoms with van der Waals surface area (Å²) in [7, 11) is 0. The zero-order chi connectivity index (χ0) is 16.1. The number of aryl methyl sites for hydroxylation is 1. The van der Waals surface area contributed by atoms with Crippen molar-refractivity contribution < 1.29 is 0 Å². The van der Waals surface area contributed by atoms with Gasteiger partial charge >= 0.3 is 0 Å². The van der Waals surface area contributed by atoms with Crippen LogP contribution in [-0.4, -0.2) is 9.97 Å². The van der Waals surface area contributed by atoms with E-state index in [9.17, 15) is 0 Å².